The molecule has 1 heterocycles. The molecule has 2 aliphatic rings. The summed E-state index contributed by atoms with van der Waals surface area (Å²) in [5, 5.41) is 0. The van der Waals surface area contributed by atoms with Gasteiger partial charge >= 0.3 is 0 Å². The molecule has 4 rings (SSSR count). The zero-order chi connectivity index (χ0) is 20.7. The second-order valence-corrected chi connectivity index (χ2v) is 7.68. The summed E-state index contributed by atoms with van der Waals surface area (Å²) in [6, 6.07) is 8.10. The van der Waals surface area contributed by atoms with E-state index in [2.05, 4.69) is 26.0 Å². The summed E-state index contributed by atoms with van der Waals surface area (Å²) < 4.78 is 33.5. The molecule has 6 nitrogen and oxygen atoms in total. The lowest BCUT2D eigenvalue weighted by Gasteiger charge is -2.50. The molecule has 156 valence electrons. The minimum Gasteiger partial charge on any atom is -0.496 e. The van der Waals surface area contributed by atoms with E-state index in [-0.39, 0.29) is 12.7 Å². The van der Waals surface area contributed by atoms with E-state index in [4.69, 9.17) is 28.4 Å². The lowest BCUT2D eigenvalue weighted by atomic mass is 9.53. The average Bonchev–Trinajstić information content (AvgIpc) is 3.23. The van der Waals surface area contributed by atoms with Crippen LogP contribution in [0.2, 0.25) is 0 Å². The summed E-state index contributed by atoms with van der Waals surface area (Å²) in [6.45, 7) is 4.79. The number of ether oxygens (including phenoxy) is 6. The fourth-order valence-corrected chi connectivity index (χ4v) is 4.81. The summed E-state index contributed by atoms with van der Waals surface area (Å²) in [6.07, 6.45) is 0. The van der Waals surface area contributed by atoms with Crippen LogP contribution < -0.4 is 28.4 Å². The second kappa shape index (κ2) is 7.58. The highest BCUT2D eigenvalue weighted by molar-refractivity contribution is 5.58. The highest BCUT2D eigenvalue weighted by Crippen LogP contribution is 2.61. The molecule has 1 fully saturated rings. The number of methoxy groups -OCH3 is 4. The van der Waals surface area contributed by atoms with Gasteiger partial charge in [0.2, 0.25) is 12.5 Å². The Kier molecular flexibility index (Phi) is 5.11. The monoisotopic (exact) mass is 400 g/mol. The van der Waals surface area contributed by atoms with Gasteiger partial charge in [0.1, 0.15) is 5.75 Å². The first-order chi connectivity index (χ1) is 14.0. The Balaban J connectivity index is 1.79. The number of hydrogen-bond donors (Lipinski definition) is 0. The van der Waals surface area contributed by atoms with Gasteiger partial charge in [0.05, 0.1) is 28.4 Å². The van der Waals surface area contributed by atoms with Crippen molar-refractivity contribution in [2.24, 2.45) is 11.8 Å². The molecule has 1 aliphatic heterocycles. The first kappa shape index (κ1) is 19.6. The molecular formula is C23H28O6. The molecule has 0 N–H and O–H groups in total. The summed E-state index contributed by atoms with van der Waals surface area (Å²) in [4.78, 5) is 0. The highest BCUT2D eigenvalue weighted by Gasteiger charge is 2.48. The average molecular weight is 400 g/mol. The number of hydrogen-bond acceptors (Lipinski definition) is 6. The molecule has 0 bridgehead atoms. The van der Waals surface area contributed by atoms with Crippen LogP contribution in [0.15, 0.2) is 24.3 Å². The zero-order valence-electron chi connectivity index (χ0n) is 17.8. The van der Waals surface area contributed by atoms with Crippen molar-refractivity contribution in [2.75, 3.05) is 35.2 Å². The summed E-state index contributed by atoms with van der Waals surface area (Å²) >= 11 is 0. The van der Waals surface area contributed by atoms with Crippen molar-refractivity contribution in [1.29, 1.82) is 0 Å². The smallest absolute Gasteiger partial charge is 0.231 e. The van der Waals surface area contributed by atoms with Crippen LogP contribution in [0.1, 0.15) is 36.8 Å². The Morgan fingerprint density at radius 1 is 0.690 bits per heavy atom. The van der Waals surface area contributed by atoms with Gasteiger partial charge in [-0.2, -0.15) is 0 Å². The predicted octanol–water partition coefficient (Wildman–Crippen LogP) is 4.60. The molecule has 0 spiro atoms. The van der Waals surface area contributed by atoms with Crippen LogP contribution in [-0.4, -0.2) is 35.2 Å². The zero-order valence-corrected chi connectivity index (χ0v) is 17.8. The second-order valence-electron chi connectivity index (χ2n) is 7.68. The Bertz CT molecular complexity index is 909. The maximum atomic E-state index is 5.73. The normalized spacial score (nSPS) is 24.6. The predicted molar refractivity (Wildman–Crippen MR) is 109 cm³/mol. The molecule has 6 heteroatoms. The van der Waals surface area contributed by atoms with E-state index in [0.29, 0.717) is 40.8 Å². The van der Waals surface area contributed by atoms with Crippen LogP contribution in [0.25, 0.3) is 0 Å². The fourth-order valence-electron chi connectivity index (χ4n) is 4.81. The molecule has 0 aromatic heterocycles. The van der Waals surface area contributed by atoms with Crippen molar-refractivity contribution in [3.05, 3.63) is 35.4 Å². The molecule has 0 saturated heterocycles. The lowest BCUT2D eigenvalue weighted by molar-refractivity contribution is 0.119. The topological polar surface area (TPSA) is 55.4 Å². The van der Waals surface area contributed by atoms with E-state index >= 15 is 0 Å². The van der Waals surface area contributed by atoms with E-state index in [1.54, 1.807) is 28.4 Å². The Labute approximate surface area is 171 Å². The van der Waals surface area contributed by atoms with Gasteiger partial charge in [-0.05, 0) is 47.4 Å². The quantitative estimate of drug-likeness (QED) is 0.706. The highest BCUT2D eigenvalue weighted by atomic mass is 16.7. The molecule has 2 aromatic rings. The van der Waals surface area contributed by atoms with Gasteiger partial charge in [-0.3, -0.25) is 0 Å². The van der Waals surface area contributed by atoms with Crippen LogP contribution in [0, 0.1) is 11.8 Å². The SMILES string of the molecule is COc1cc(OC)c([C@@H]2[C@@H](C)[C@@H](C)[C@@H]2c2cc(OC)c3c(c2)OCO3)cc1OC. The third-order valence-corrected chi connectivity index (χ3v) is 6.51. The van der Waals surface area contributed by atoms with Gasteiger partial charge in [-0.25, -0.2) is 0 Å². The first-order valence-electron chi connectivity index (χ1n) is 9.81. The van der Waals surface area contributed by atoms with Crippen LogP contribution in [0.5, 0.6) is 34.5 Å². The Morgan fingerprint density at radius 2 is 1.31 bits per heavy atom. The van der Waals surface area contributed by atoms with Gasteiger partial charge in [-0.15, -0.1) is 0 Å². The van der Waals surface area contributed by atoms with E-state index < -0.39 is 0 Å². The molecule has 0 amide bonds. The summed E-state index contributed by atoms with van der Waals surface area (Å²) in [7, 11) is 6.63. The molecule has 0 radical (unpaired) electrons. The summed E-state index contributed by atoms with van der Waals surface area (Å²) in [5.74, 6) is 5.83. The van der Waals surface area contributed by atoms with Gasteiger partial charge in [0.25, 0.3) is 0 Å². The molecule has 0 unspecified atom stereocenters. The Morgan fingerprint density at radius 3 is 1.97 bits per heavy atom. The Hall–Kier alpha value is -2.76. The van der Waals surface area contributed by atoms with Gasteiger partial charge in [0, 0.05) is 11.6 Å². The van der Waals surface area contributed by atoms with E-state index in [1.165, 1.54) is 5.56 Å². The van der Waals surface area contributed by atoms with Crippen molar-refractivity contribution in [3.63, 3.8) is 0 Å². The number of benzene rings is 2. The molecular weight excluding hydrogens is 372 g/mol. The standard InChI is InChI=1S/C23H28O6/c1-12-13(2)22(15-9-17(25-4)18(26-5)10-16(15)24-3)21(12)14-7-19(27-6)23-20(8-14)28-11-29-23/h7-10,12-13,21-22H,11H2,1-6H3/t12-,13+,21-,22+/m1/s1. The van der Waals surface area contributed by atoms with E-state index in [0.717, 1.165) is 17.1 Å². The van der Waals surface area contributed by atoms with Crippen LogP contribution in [0.3, 0.4) is 0 Å². The largest absolute Gasteiger partial charge is 0.496 e. The van der Waals surface area contributed by atoms with E-state index in [9.17, 15) is 0 Å². The van der Waals surface area contributed by atoms with Crippen molar-refractivity contribution in [3.8, 4) is 34.5 Å². The van der Waals surface area contributed by atoms with Crippen molar-refractivity contribution < 1.29 is 28.4 Å². The maximum Gasteiger partial charge on any atom is 0.231 e. The molecule has 2 aromatic carbocycles. The third kappa shape index (κ3) is 3.02. The minimum absolute atomic E-state index is 0.221. The van der Waals surface area contributed by atoms with Gasteiger partial charge in [-0.1, -0.05) is 13.8 Å². The van der Waals surface area contributed by atoms with Crippen LogP contribution in [-0.2, 0) is 0 Å². The van der Waals surface area contributed by atoms with Crippen molar-refractivity contribution in [2.45, 2.75) is 25.7 Å². The third-order valence-electron chi connectivity index (χ3n) is 6.51. The lowest BCUT2D eigenvalue weighted by Crippen LogP contribution is -2.40. The molecule has 4 atom stereocenters. The van der Waals surface area contributed by atoms with Crippen LogP contribution >= 0.6 is 0 Å². The summed E-state index contributed by atoms with van der Waals surface area (Å²) in [5.41, 5.74) is 2.30. The molecule has 1 aliphatic carbocycles. The minimum atomic E-state index is 0.221. The van der Waals surface area contributed by atoms with Gasteiger partial charge < -0.3 is 28.4 Å². The number of rotatable bonds is 6. The fraction of sp³-hybridized carbons (Fsp3) is 0.478. The molecule has 29 heavy (non-hydrogen) atoms. The maximum absolute atomic E-state index is 5.73. The first-order valence-corrected chi connectivity index (χ1v) is 9.81. The van der Waals surface area contributed by atoms with Gasteiger partial charge in [0.15, 0.2) is 23.0 Å². The number of fused-ring (bicyclic) bond motifs is 1. The van der Waals surface area contributed by atoms with E-state index in [1.807, 2.05) is 12.1 Å². The van der Waals surface area contributed by atoms with Crippen molar-refractivity contribution >= 4 is 0 Å². The molecule has 1 saturated carbocycles. The van der Waals surface area contributed by atoms with Crippen LogP contribution in [0.4, 0.5) is 0 Å². The van der Waals surface area contributed by atoms with Crippen molar-refractivity contribution in [1.82, 2.24) is 0 Å².